The van der Waals surface area contributed by atoms with E-state index in [0.29, 0.717) is 17.3 Å². The van der Waals surface area contributed by atoms with Crippen molar-refractivity contribution in [2.45, 2.75) is 6.54 Å². The third-order valence-electron chi connectivity index (χ3n) is 2.17. The summed E-state index contributed by atoms with van der Waals surface area (Å²) in [6, 6.07) is 10.1. The van der Waals surface area contributed by atoms with Crippen molar-refractivity contribution in [3.05, 3.63) is 59.1 Å². The van der Waals surface area contributed by atoms with Crippen molar-refractivity contribution in [2.24, 2.45) is 0 Å². The van der Waals surface area contributed by atoms with Crippen LogP contribution in [0.5, 0.6) is 0 Å². The molecular formula is C12H10ClFN2. The Morgan fingerprint density at radius 3 is 2.69 bits per heavy atom. The number of benzene rings is 1. The van der Waals surface area contributed by atoms with Gasteiger partial charge >= 0.3 is 0 Å². The normalized spacial score (nSPS) is 10.1. The van der Waals surface area contributed by atoms with Crippen LogP contribution in [0.25, 0.3) is 0 Å². The smallest absolute Gasteiger partial charge is 0.129 e. The zero-order valence-corrected chi connectivity index (χ0v) is 9.21. The third-order valence-corrected chi connectivity index (χ3v) is 2.39. The standard InChI is InChI=1S/C12H10ClFN2/c13-12-6-5-10(8-16-12)15-7-9-3-1-2-4-11(9)14/h1-6,8,15H,7H2. The number of nitrogens with one attached hydrogen (secondary N) is 1. The molecule has 0 atom stereocenters. The van der Waals surface area contributed by atoms with E-state index in [1.54, 1.807) is 36.5 Å². The van der Waals surface area contributed by atoms with Crippen LogP contribution in [0.15, 0.2) is 42.6 Å². The maximum atomic E-state index is 13.3. The van der Waals surface area contributed by atoms with Gasteiger partial charge in [-0.2, -0.15) is 0 Å². The molecule has 82 valence electrons. The molecule has 0 aliphatic carbocycles. The molecule has 0 spiro atoms. The summed E-state index contributed by atoms with van der Waals surface area (Å²) in [5, 5.41) is 3.51. The van der Waals surface area contributed by atoms with Gasteiger partial charge in [-0.15, -0.1) is 0 Å². The fourth-order valence-electron chi connectivity index (χ4n) is 1.32. The van der Waals surface area contributed by atoms with Gasteiger partial charge in [0, 0.05) is 12.1 Å². The van der Waals surface area contributed by atoms with E-state index in [0.717, 1.165) is 5.69 Å². The molecule has 0 radical (unpaired) electrons. The minimum absolute atomic E-state index is 0.211. The summed E-state index contributed by atoms with van der Waals surface area (Å²) >= 11 is 5.66. The van der Waals surface area contributed by atoms with Crippen molar-refractivity contribution in [3.8, 4) is 0 Å². The van der Waals surface area contributed by atoms with Gasteiger partial charge in [0.15, 0.2) is 0 Å². The largest absolute Gasteiger partial charge is 0.380 e. The molecule has 1 heterocycles. The van der Waals surface area contributed by atoms with Gasteiger partial charge in [-0.05, 0) is 18.2 Å². The highest BCUT2D eigenvalue weighted by Gasteiger charge is 2.00. The van der Waals surface area contributed by atoms with Crippen molar-refractivity contribution < 1.29 is 4.39 Å². The number of hydrogen-bond acceptors (Lipinski definition) is 2. The molecule has 0 aliphatic heterocycles. The molecule has 2 aromatic rings. The highest BCUT2D eigenvalue weighted by atomic mass is 35.5. The maximum Gasteiger partial charge on any atom is 0.129 e. The van der Waals surface area contributed by atoms with Crippen LogP contribution in [0, 0.1) is 5.82 Å². The average molecular weight is 237 g/mol. The van der Waals surface area contributed by atoms with E-state index >= 15 is 0 Å². The van der Waals surface area contributed by atoms with Crippen molar-refractivity contribution in [1.29, 1.82) is 0 Å². The Labute approximate surface area is 98.1 Å². The van der Waals surface area contributed by atoms with Gasteiger partial charge in [0.05, 0.1) is 11.9 Å². The monoisotopic (exact) mass is 236 g/mol. The number of nitrogens with zero attached hydrogens (tertiary/aromatic N) is 1. The van der Waals surface area contributed by atoms with Crippen molar-refractivity contribution >= 4 is 17.3 Å². The number of anilines is 1. The zero-order valence-electron chi connectivity index (χ0n) is 8.45. The minimum Gasteiger partial charge on any atom is -0.380 e. The highest BCUT2D eigenvalue weighted by Crippen LogP contribution is 2.12. The van der Waals surface area contributed by atoms with Gasteiger partial charge in [-0.1, -0.05) is 29.8 Å². The average Bonchev–Trinajstić information content (AvgIpc) is 2.30. The lowest BCUT2D eigenvalue weighted by Gasteiger charge is -2.06. The molecule has 0 fully saturated rings. The van der Waals surface area contributed by atoms with Crippen molar-refractivity contribution in [3.63, 3.8) is 0 Å². The van der Waals surface area contributed by atoms with E-state index in [9.17, 15) is 4.39 Å². The van der Waals surface area contributed by atoms with Crippen LogP contribution in [0.2, 0.25) is 5.15 Å². The first-order chi connectivity index (χ1) is 7.75. The Kier molecular flexibility index (Phi) is 3.37. The summed E-state index contributed by atoms with van der Waals surface area (Å²) in [4.78, 5) is 3.92. The van der Waals surface area contributed by atoms with E-state index in [1.807, 2.05) is 0 Å². The van der Waals surface area contributed by atoms with Gasteiger partial charge in [0.2, 0.25) is 0 Å². The molecule has 16 heavy (non-hydrogen) atoms. The molecule has 0 unspecified atom stereocenters. The number of rotatable bonds is 3. The van der Waals surface area contributed by atoms with E-state index in [2.05, 4.69) is 10.3 Å². The van der Waals surface area contributed by atoms with Gasteiger partial charge in [0.1, 0.15) is 11.0 Å². The van der Waals surface area contributed by atoms with Gasteiger partial charge in [0.25, 0.3) is 0 Å². The second kappa shape index (κ2) is 4.94. The number of halogens is 2. The summed E-state index contributed by atoms with van der Waals surface area (Å²) in [6.45, 7) is 0.427. The highest BCUT2D eigenvalue weighted by molar-refractivity contribution is 6.29. The SMILES string of the molecule is Fc1ccccc1CNc1ccc(Cl)nc1. The Balaban J connectivity index is 2.02. The predicted molar refractivity (Wildman–Crippen MR) is 63.0 cm³/mol. The molecule has 0 saturated carbocycles. The van der Waals surface area contributed by atoms with E-state index in [-0.39, 0.29) is 5.82 Å². The lowest BCUT2D eigenvalue weighted by Crippen LogP contribution is -2.01. The molecule has 0 aliphatic rings. The second-order valence-electron chi connectivity index (χ2n) is 3.31. The molecule has 0 saturated heterocycles. The molecule has 2 rings (SSSR count). The number of aromatic nitrogens is 1. The first-order valence-electron chi connectivity index (χ1n) is 4.84. The fourth-order valence-corrected chi connectivity index (χ4v) is 1.43. The van der Waals surface area contributed by atoms with Crippen molar-refractivity contribution in [2.75, 3.05) is 5.32 Å². The first kappa shape index (κ1) is 10.9. The number of pyridine rings is 1. The third kappa shape index (κ3) is 2.70. The van der Waals surface area contributed by atoms with Crippen LogP contribution >= 0.6 is 11.6 Å². The minimum atomic E-state index is -0.211. The molecule has 1 N–H and O–H groups in total. The maximum absolute atomic E-state index is 13.3. The van der Waals surface area contributed by atoms with E-state index in [4.69, 9.17) is 11.6 Å². The predicted octanol–water partition coefficient (Wildman–Crippen LogP) is 3.49. The van der Waals surface area contributed by atoms with Crippen LogP contribution in [0.1, 0.15) is 5.56 Å². The molecule has 0 amide bonds. The summed E-state index contributed by atoms with van der Waals surface area (Å²) < 4.78 is 13.3. The Morgan fingerprint density at radius 1 is 1.19 bits per heavy atom. The molecule has 2 nitrogen and oxygen atoms in total. The van der Waals surface area contributed by atoms with Gasteiger partial charge in [-0.3, -0.25) is 0 Å². The van der Waals surface area contributed by atoms with Gasteiger partial charge in [-0.25, -0.2) is 9.37 Å². The first-order valence-corrected chi connectivity index (χ1v) is 5.22. The molecule has 0 bridgehead atoms. The van der Waals surface area contributed by atoms with E-state index in [1.165, 1.54) is 6.07 Å². The quantitative estimate of drug-likeness (QED) is 0.826. The van der Waals surface area contributed by atoms with Crippen LogP contribution in [-0.4, -0.2) is 4.98 Å². The Morgan fingerprint density at radius 2 is 2.00 bits per heavy atom. The number of hydrogen-bond donors (Lipinski definition) is 1. The topological polar surface area (TPSA) is 24.9 Å². The van der Waals surface area contributed by atoms with Crippen LogP contribution < -0.4 is 5.32 Å². The van der Waals surface area contributed by atoms with Crippen LogP contribution in [0.4, 0.5) is 10.1 Å². The summed E-state index contributed by atoms with van der Waals surface area (Å²) in [7, 11) is 0. The molecule has 4 heteroatoms. The van der Waals surface area contributed by atoms with Crippen LogP contribution in [0.3, 0.4) is 0 Å². The zero-order chi connectivity index (χ0) is 11.4. The fraction of sp³-hybridized carbons (Fsp3) is 0.0833. The molecule has 1 aromatic heterocycles. The summed E-state index contributed by atoms with van der Waals surface area (Å²) in [5.74, 6) is -0.211. The van der Waals surface area contributed by atoms with E-state index < -0.39 is 0 Å². The molecular weight excluding hydrogens is 227 g/mol. The van der Waals surface area contributed by atoms with Crippen LogP contribution in [-0.2, 0) is 6.54 Å². The Hall–Kier alpha value is -1.61. The lowest BCUT2D eigenvalue weighted by atomic mass is 10.2. The van der Waals surface area contributed by atoms with Gasteiger partial charge < -0.3 is 5.32 Å². The lowest BCUT2D eigenvalue weighted by molar-refractivity contribution is 0.613. The Bertz CT molecular complexity index is 471. The molecule has 1 aromatic carbocycles. The summed E-state index contributed by atoms with van der Waals surface area (Å²) in [5.41, 5.74) is 1.44. The van der Waals surface area contributed by atoms with Crippen molar-refractivity contribution in [1.82, 2.24) is 4.98 Å². The second-order valence-corrected chi connectivity index (χ2v) is 3.70. The summed E-state index contributed by atoms with van der Waals surface area (Å²) in [6.07, 6.45) is 1.61.